The van der Waals surface area contributed by atoms with Crippen LogP contribution in [0, 0.1) is 0 Å². The number of amides is 2. The molecule has 1 aromatic heterocycles. The summed E-state index contributed by atoms with van der Waals surface area (Å²) in [7, 11) is 1.93. The van der Waals surface area contributed by atoms with E-state index in [1.807, 2.05) is 48.3 Å². The van der Waals surface area contributed by atoms with E-state index in [9.17, 15) is 9.59 Å². The van der Waals surface area contributed by atoms with Crippen molar-refractivity contribution >= 4 is 39.8 Å². The van der Waals surface area contributed by atoms with Crippen molar-refractivity contribution in [2.24, 2.45) is 0 Å². The van der Waals surface area contributed by atoms with E-state index in [4.69, 9.17) is 0 Å². The van der Waals surface area contributed by atoms with E-state index < -0.39 is 0 Å². The first-order valence-corrected chi connectivity index (χ1v) is 8.42. The molecule has 0 unspecified atom stereocenters. The van der Waals surface area contributed by atoms with Crippen molar-refractivity contribution in [2.75, 3.05) is 29.1 Å². The zero-order valence-electron chi connectivity index (χ0n) is 14.3. The Morgan fingerprint density at radius 2 is 2.08 bits per heavy atom. The van der Waals surface area contributed by atoms with Crippen molar-refractivity contribution in [3.8, 4) is 0 Å². The van der Waals surface area contributed by atoms with Crippen LogP contribution in [0.5, 0.6) is 0 Å². The monoisotopic (exact) mass is 346 g/mol. The van der Waals surface area contributed by atoms with Crippen LogP contribution in [0.15, 0.2) is 54.7 Å². The highest BCUT2D eigenvalue weighted by molar-refractivity contribution is 6.10. The van der Waals surface area contributed by atoms with E-state index in [1.165, 1.54) is 0 Å². The average Bonchev–Trinajstić information content (AvgIpc) is 2.80. The lowest BCUT2D eigenvalue weighted by Gasteiger charge is -2.18. The molecule has 0 saturated heterocycles. The molecule has 2 N–H and O–H groups in total. The lowest BCUT2D eigenvalue weighted by molar-refractivity contribution is -0.115. The maximum atomic E-state index is 12.7. The third kappa shape index (κ3) is 2.97. The molecule has 0 saturated carbocycles. The summed E-state index contributed by atoms with van der Waals surface area (Å²) < 4.78 is 0. The Labute approximate surface area is 150 Å². The molecule has 0 fully saturated rings. The number of rotatable bonds is 2. The molecule has 6 heteroatoms. The van der Waals surface area contributed by atoms with Crippen LogP contribution >= 0.6 is 0 Å². The molecular weight excluding hydrogens is 328 g/mol. The fourth-order valence-corrected chi connectivity index (χ4v) is 3.12. The van der Waals surface area contributed by atoms with Gasteiger partial charge in [0.15, 0.2) is 0 Å². The summed E-state index contributed by atoms with van der Waals surface area (Å²) >= 11 is 0. The second-order valence-corrected chi connectivity index (χ2v) is 6.28. The van der Waals surface area contributed by atoms with Gasteiger partial charge in [-0.3, -0.25) is 14.6 Å². The van der Waals surface area contributed by atoms with E-state index >= 15 is 0 Å². The number of hydrogen-bond acceptors (Lipinski definition) is 4. The predicted octanol–water partition coefficient (Wildman–Crippen LogP) is 3.27. The van der Waals surface area contributed by atoms with Gasteiger partial charge >= 0.3 is 0 Å². The smallest absolute Gasteiger partial charge is 0.255 e. The third-order valence-corrected chi connectivity index (χ3v) is 4.51. The molecule has 0 bridgehead atoms. The second kappa shape index (κ2) is 6.48. The molecule has 4 rings (SSSR count). The van der Waals surface area contributed by atoms with E-state index in [1.54, 1.807) is 18.3 Å². The van der Waals surface area contributed by atoms with Crippen LogP contribution in [0.2, 0.25) is 0 Å². The number of aromatic nitrogens is 1. The van der Waals surface area contributed by atoms with Crippen molar-refractivity contribution in [1.29, 1.82) is 0 Å². The fourth-order valence-electron chi connectivity index (χ4n) is 3.12. The fraction of sp³-hybridized carbons (Fsp3) is 0.150. The summed E-state index contributed by atoms with van der Waals surface area (Å²) in [5, 5.41) is 6.69. The molecule has 2 heterocycles. The van der Waals surface area contributed by atoms with Gasteiger partial charge in [0.25, 0.3) is 5.91 Å². The largest absolute Gasteiger partial charge is 0.372 e. The quantitative estimate of drug-likeness (QED) is 0.747. The van der Waals surface area contributed by atoms with E-state index in [-0.39, 0.29) is 11.8 Å². The summed E-state index contributed by atoms with van der Waals surface area (Å²) in [4.78, 5) is 30.9. The molecule has 130 valence electrons. The molecule has 6 nitrogen and oxygen atoms in total. The number of nitrogens with one attached hydrogen (secondary N) is 2. The number of carbonyl (C=O) groups excluding carboxylic acids is 2. The van der Waals surface area contributed by atoms with Crippen LogP contribution in [0.25, 0.3) is 10.9 Å². The molecule has 0 radical (unpaired) electrons. The average molecular weight is 346 g/mol. The van der Waals surface area contributed by atoms with Crippen molar-refractivity contribution in [3.05, 3.63) is 60.3 Å². The van der Waals surface area contributed by atoms with Gasteiger partial charge in [0.1, 0.15) is 0 Å². The van der Waals surface area contributed by atoms with Crippen LogP contribution in [0.4, 0.5) is 17.1 Å². The molecule has 0 spiro atoms. The lowest BCUT2D eigenvalue weighted by Crippen LogP contribution is -2.18. The number of fused-ring (bicyclic) bond motifs is 2. The SMILES string of the molecule is CN1CCC(=O)Nc2cc(C(=O)Nc3cccc4ncccc34)ccc21. The van der Waals surface area contributed by atoms with Gasteiger partial charge in [-0.15, -0.1) is 0 Å². The van der Waals surface area contributed by atoms with Gasteiger partial charge in [-0.25, -0.2) is 0 Å². The highest BCUT2D eigenvalue weighted by Gasteiger charge is 2.18. The molecule has 2 aromatic carbocycles. The predicted molar refractivity (Wildman–Crippen MR) is 103 cm³/mol. The van der Waals surface area contributed by atoms with Gasteiger partial charge < -0.3 is 15.5 Å². The Balaban J connectivity index is 1.65. The van der Waals surface area contributed by atoms with Gasteiger partial charge in [-0.2, -0.15) is 0 Å². The van der Waals surface area contributed by atoms with E-state index in [0.29, 0.717) is 29.9 Å². The highest BCUT2D eigenvalue weighted by Crippen LogP contribution is 2.29. The summed E-state index contributed by atoms with van der Waals surface area (Å²) in [6, 6.07) is 14.7. The van der Waals surface area contributed by atoms with Crippen LogP contribution < -0.4 is 15.5 Å². The first-order chi connectivity index (χ1) is 12.6. The topological polar surface area (TPSA) is 74.3 Å². The molecular formula is C20H18N4O2. The molecule has 0 atom stereocenters. The van der Waals surface area contributed by atoms with Crippen LogP contribution in [0.3, 0.4) is 0 Å². The summed E-state index contributed by atoms with van der Waals surface area (Å²) in [5.74, 6) is -0.279. The van der Waals surface area contributed by atoms with Crippen molar-refractivity contribution in [1.82, 2.24) is 4.98 Å². The molecule has 2 amide bonds. The maximum Gasteiger partial charge on any atom is 0.255 e. The Bertz CT molecular complexity index is 1010. The van der Waals surface area contributed by atoms with E-state index in [2.05, 4.69) is 15.6 Å². The normalized spacial score (nSPS) is 13.7. The lowest BCUT2D eigenvalue weighted by atomic mass is 10.1. The van der Waals surface area contributed by atoms with Crippen LogP contribution in [-0.2, 0) is 4.79 Å². The molecule has 1 aliphatic heterocycles. The zero-order chi connectivity index (χ0) is 18.1. The molecule has 26 heavy (non-hydrogen) atoms. The second-order valence-electron chi connectivity index (χ2n) is 6.28. The van der Waals surface area contributed by atoms with E-state index in [0.717, 1.165) is 16.6 Å². The minimum Gasteiger partial charge on any atom is -0.372 e. The molecule has 3 aromatic rings. The van der Waals surface area contributed by atoms with Gasteiger partial charge in [0, 0.05) is 37.2 Å². The summed E-state index contributed by atoms with van der Waals surface area (Å²) in [6.07, 6.45) is 2.15. The van der Waals surface area contributed by atoms with Crippen LogP contribution in [0.1, 0.15) is 16.8 Å². The van der Waals surface area contributed by atoms with Crippen molar-refractivity contribution in [2.45, 2.75) is 6.42 Å². The standard InChI is InChI=1S/C20H18N4O2/c1-24-11-9-19(25)22-17-12-13(7-8-18(17)24)20(26)23-16-6-2-5-15-14(16)4-3-10-21-15/h2-8,10,12H,9,11H2,1H3,(H,22,25)(H,23,26). The maximum absolute atomic E-state index is 12.7. The van der Waals surface area contributed by atoms with Crippen molar-refractivity contribution in [3.63, 3.8) is 0 Å². The Kier molecular flexibility index (Phi) is 4.01. The number of benzene rings is 2. The summed E-state index contributed by atoms with van der Waals surface area (Å²) in [5.41, 5.74) is 3.57. The van der Waals surface area contributed by atoms with Gasteiger partial charge in [0.2, 0.25) is 5.91 Å². The van der Waals surface area contributed by atoms with Gasteiger partial charge in [-0.1, -0.05) is 6.07 Å². The van der Waals surface area contributed by atoms with Crippen molar-refractivity contribution < 1.29 is 9.59 Å². The first-order valence-electron chi connectivity index (χ1n) is 8.42. The zero-order valence-corrected chi connectivity index (χ0v) is 14.3. The Morgan fingerprint density at radius 1 is 1.19 bits per heavy atom. The Morgan fingerprint density at radius 3 is 2.96 bits per heavy atom. The van der Waals surface area contributed by atoms with Crippen LogP contribution in [-0.4, -0.2) is 30.4 Å². The van der Waals surface area contributed by atoms with Gasteiger partial charge in [0.05, 0.1) is 22.6 Å². The number of nitrogens with zero attached hydrogens (tertiary/aromatic N) is 2. The third-order valence-electron chi connectivity index (χ3n) is 4.51. The minimum absolute atomic E-state index is 0.0479. The number of anilines is 3. The number of pyridine rings is 1. The minimum atomic E-state index is -0.231. The Hall–Kier alpha value is -3.41. The number of hydrogen-bond donors (Lipinski definition) is 2. The molecule has 0 aliphatic carbocycles. The molecule has 1 aliphatic rings. The first kappa shape index (κ1) is 16.1. The highest BCUT2D eigenvalue weighted by atomic mass is 16.2. The summed E-state index contributed by atoms with van der Waals surface area (Å²) in [6.45, 7) is 0.646. The number of carbonyl (C=O) groups is 2. The van der Waals surface area contributed by atoms with Gasteiger partial charge in [-0.05, 0) is 42.5 Å².